The SMILES string of the molecule is CC1CCCN(S(=O)(=O)c2ccc(NS(=O)(=O)c3ccc(F)cc3F)cc2)C1. The molecule has 3 rings (SSSR count). The number of hydrogen-bond donors (Lipinski definition) is 1. The first-order chi connectivity index (χ1) is 13.1. The molecule has 1 unspecified atom stereocenters. The molecule has 1 N–H and O–H groups in total. The third-order valence-electron chi connectivity index (χ3n) is 4.55. The molecule has 1 atom stereocenters. The number of sulfonamides is 2. The minimum absolute atomic E-state index is 0.0533. The molecule has 1 heterocycles. The van der Waals surface area contributed by atoms with E-state index >= 15 is 0 Å². The maximum Gasteiger partial charge on any atom is 0.264 e. The van der Waals surface area contributed by atoms with Crippen molar-refractivity contribution in [1.82, 2.24) is 4.31 Å². The lowest BCUT2D eigenvalue weighted by molar-refractivity contribution is 0.281. The van der Waals surface area contributed by atoms with Gasteiger partial charge in [0.05, 0.1) is 4.90 Å². The molecule has 6 nitrogen and oxygen atoms in total. The van der Waals surface area contributed by atoms with Crippen LogP contribution in [0.1, 0.15) is 19.8 Å². The number of anilines is 1. The van der Waals surface area contributed by atoms with Gasteiger partial charge in [-0.2, -0.15) is 4.31 Å². The van der Waals surface area contributed by atoms with E-state index in [1.807, 2.05) is 6.92 Å². The van der Waals surface area contributed by atoms with Crippen molar-refractivity contribution in [3.8, 4) is 0 Å². The van der Waals surface area contributed by atoms with Crippen molar-refractivity contribution in [3.05, 3.63) is 54.1 Å². The second kappa shape index (κ2) is 7.76. The molecule has 0 radical (unpaired) electrons. The number of nitrogens with zero attached hydrogens (tertiary/aromatic N) is 1. The first-order valence-corrected chi connectivity index (χ1v) is 11.6. The van der Waals surface area contributed by atoms with E-state index in [1.54, 1.807) is 0 Å². The van der Waals surface area contributed by atoms with Crippen LogP contribution in [0.15, 0.2) is 52.3 Å². The summed E-state index contributed by atoms with van der Waals surface area (Å²) in [6.07, 6.45) is 1.77. The van der Waals surface area contributed by atoms with E-state index < -0.39 is 36.6 Å². The number of nitrogens with one attached hydrogen (secondary N) is 1. The first kappa shape index (κ1) is 20.7. The summed E-state index contributed by atoms with van der Waals surface area (Å²) < 4.78 is 80.4. The van der Waals surface area contributed by atoms with Crippen LogP contribution in [0, 0.1) is 17.6 Å². The van der Waals surface area contributed by atoms with E-state index in [9.17, 15) is 25.6 Å². The monoisotopic (exact) mass is 430 g/mol. The van der Waals surface area contributed by atoms with Gasteiger partial charge in [-0.05, 0) is 55.2 Å². The molecule has 0 bridgehead atoms. The van der Waals surface area contributed by atoms with Crippen LogP contribution in [0.5, 0.6) is 0 Å². The highest BCUT2D eigenvalue weighted by atomic mass is 32.2. The summed E-state index contributed by atoms with van der Waals surface area (Å²) >= 11 is 0. The molecule has 1 saturated heterocycles. The highest BCUT2D eigenvalue weighted by Crippen LogP contribution is 2.25. The quantitative estimate of drug-likeness (QED) is 0.790. The molecule has 2 aromatic carbocycles. The first-order valence-electron chi connectivity index (χ1n) is 8.68. The Morgan fingerprint density at radius 3 is 2.32 bits per heavy atom. The van der Waals surface area contributed by atoms with Gasteiger partial charge < -0.3 is 0 Å². The molecule has 0 saturated carbocycles. The van der Waals surface area contributed by atoms with E-state index in [2.05, 4.69) is 4.72 Å². The highest BCUT2D eigenvalue weighted by Gasteiger charge is 2.28. The van der Waals surface area contributed by atoms with Gasteiger partial charge in [0.25, 0.3) is 10.0 Å². The fourth-order valence-corrected chi connectivity index (χ4v) is 5.83. The molecule has 152 valence electrons. The van der Waals surface area contributed by atoms with Gasteiger partial charge in [-0.25, -0.2) is 25.6 Å². The molecule has 0 amide bonds. The fourth-order valence-electron chi connectivity index (χ4n) is 3.11. The normalized spacial score (nSPS) is 18.8. The molecular weight excluding hydrogens is 410 g/mol. The lowest BCUT2D eigenvalue weighted by atomic mass is 10.0. The molecule has 0 spiro atoms. The maximum absolute atomic E-state index is 13.8. The average Bonchev–Trinajstić information content (AvgIpc) is 2.61. The maximum atomic E-state index is 13.8. The summed E-state index contributed by atoms with van der Waals surface area (Å²) in [5.41, 5.74) is 0.0645. The van der Waals surface area contributed by atoms with Crippen molar-refractivity contribution >= 4 is 25.7 Å². The standard InChI is InChI=1S/C18H20F2N2O4S2/c1-13-3-2-10-22(12-13)28(25,26)16-7-5-15(6-8-16)21-27(23,24)18-9-4-14(19)11-17(18)20/h4-9,11,13,21H,2-3,10,12H2,1H3. The Labute approximate surface area is 163 Å². The van der Waals surface area contributed by atoms with Crippen molar-refractivity contribution in [3.63, 3.8) is 0 Å². The number of hydrogen-bond acceptors (Lipinski definition) is 4. The second-order valence-electron chi connectivity index (χ2n) is 6.82. The van der Waals surface area contributed by atoms with Crippen LogP contribution >= 0.6 is 0 Å². The van der Waals surface area contributed by atoms with Crippen LogP contribution in [-0.2, 0) is 20.0 Å². The number of rotatable bonds is 5. The molecule has 0 aliphatic carbocycles. The van der Waals surface area contributed by atoms with Gasteiger partial charge in [0.2, 0.25) is 10.0 Å². The topological polar surface area (TPSA) is 83.6 Å². The van der Waals surface area contributed by atoms with E-state index in [0.29, 0.717) is 19.2 Å². The Morgan fingerprint density at radius 2 is 1.71 bits per heavy atom. The summed E-state index contributed by atoms with van der Waals surface area (Å²) in [5.74, 6) is -1.83. The van der Waals surface area contributed by atoms with Crippen molar-refractivity contribution in [1.29, 1.82) is 0 Å². The predicted octanol–water partition coefficient (Wildman–Crippen LogP) is 3.19. The van der Waals surface area contributed by atoms with Crippen molar-refractivity contribution in [2.24, 2.45) is 5.92 Å². The summed E-state index contributed by atoms with van der Waals surface area (Å²) in [7, 11) is -7.95. The van der Waals surface area contributed by atoms with Crippen LogP contribution in [0.2, 0.25) is 0 Å². The van der Waals surface area contributed by atoms with E-state index in [1.165, 1.54) is 28.6 Å². The van der Waals surface area contributed by atoms with E-state index in [4.69, 9.17) is 0 Å². The molecule has 10 heteroatoms. The second-order valence-corrected chi connectivity index (χ2v) is 10.4. The molecule has 1 aliphatic heterocycles. The Hall–Kier alpha value is -2.04. The Morgan fingerprint density at radius 1 is 1.04 bits per heavy atom. The average molecular weight is 430 g/mol. The molecule has 1 fully saturated rings. The van der Waals surface area contributed by atoms with Crippen LogP contribution in [0.4, 0.5) is 14.5 Å². The third-order valence-corrected chi connectivity index (χ3v) is 7.84. The largest absolute Gasteiger partial charge is 0.280 e. The number of benzene rings is 2. The Bertz CT molecular complexity index is 1070. The van der Waals surface area contributed by atoms with Gasteiger partial charge in [0.15, 0.2) is 0 Å². The summed E-state index contributed by atoms with van der Waals surface area (Å²) in [5, 5.41) is 0. The van der Waals surface area contributed by atoms with Gasteiger partial charge in [0, 0.05) is 24.8 Å². The minimum Gasteiger partial charge on any atom is -0.280 e. The van der Waals surface area contributed by atoms with Crippen LogP contribution < -0.4 is 4.72 Å². The number of halogens is 2. The van der Waals surface area contributed by atoms with E-state index in [-0.39, 0.29) is 16.5 Å². The van der Waals surface area contributed by atoms with Gasteiger partial charge >= 0.3 is 0 Å². The zero-order valence-corrected chi connectivity index (χ0v) is 16.7. The van der Waals surface area contributed by atoms with Gasteiger partial charge in [-0.1, -0.05) is 6.92 Å². The van der Waals surface area contributed by atoms with Gasteiger partial charge in [-0.15, -0.1) is 0 Å². The lowest BCUT2D eigenvalue weighted by Crippen LogP contribution is -2.39. The van der Waals surface area contributed by atoms with E-state index in [0.717, 1.165) is 25.0 Å². The molecular formula is C18H20F2N2O4S2. The highest BCUT2D eigenvalue weighted by molar-refractivity contribution is 7.92. The summed E-state index contributed by atoms with van der Waals surface area (Å²) in [6.45, 7) is 2.89. The lowest BCUT2D eigenvalue weighted by Gasteiger charge is -2.30. The van der Waals surface area contributed by atoms with Gasteiger partial charge in [0.1, 0.15) is 16.5 Å². The molecule has 1 aliphatic rings. The van der Waals surface area contributed by atoms with Crippen molar-refractivity contribution in [2.45, 2.75) is 29.6 Å². The Kier molecular flexibility index (Phi) is 5.74. The number of piperidine rings is 1. The minimum atomic E-state index is -4.29. The van der Waals surface area contributed by atoms with Crippen molar-refractivity contribution < 1.29 is 25.6 Å². The van der Waals surface area contributed by atoms with Crippen molar-refractivity contribution in [2.75, 3.05) is 17.8 Å². The predicted molar refractivity (Wildman–Crippen MR) is 101 cm³/mol. The zero-order chi connectivity index (χ0) is 20.5. The third kappa shape index (κ3) is 4.34. The summed E-state index contributed by atoms with van der Waals surface area (Å²) in [6, 6.07) is 7.32. The Balaban J connectivity index is 1.81. The zero-order valence-electron chi connectivity index (χ0n) is 15.1. The smallest absolute Gasteiger partial charge is 0.264 e. The molecule has 0 aromatic heterocycles. The van der Waals surface area contributed by atoms with Crippen LogP contribution in [0.25, 0.3) is 0 Å². The summed E-state index contributed by atoms with van der Waals surface area (Å²) in [4.78, 5) is -0.648. The van der Waals surface area contributed by atoms with Crippen LogP contribution in [0.3, 0.4) is 0 Å². The van der Waals surface area contributed by atoms with Gasteiger partial charge in [-0.3, -0.25) is 4.72 Å². The molecule has 2 aromatic rings. The fraction of sp³-hybridized carbons (Fsp3) is 0.333. The van der Waals surface area contributed by atoms with Crippen LogP contribution in [-0.4, -0.2) is 34.2 Å². The molecule has 28 heavy (non-hydrogen) atoms.